The van der Waals surface area contributed by atoms with Gasteiger partial charge in [-0.3, -0.25) is 4.79 Å². The second-order valence-electron chi connectivity index (χ2n) is 4.37. The summed E-state index contributed by atoms with van der Waals surface area (Å²) in [7, 11) is 1.61. The van der Waals surface area contributed by atoms with Gasteiger partial charge in [0.2, 0.25) is 5.91 Å². The number of amides is 1. The first-order valence-corrected chi connectivity index (χ1v) is 8.05. The molecule has 116 valence electrons. The summed E-state index contributed by atoms with van der Waals surface area (Å²) in [6.45, 7) is 0. The van der Waals surface area contributed by atoms with Crippen molar-refractivity contribution < 1.29 is 9.53 Å². The number of carbonyl (C=O) groups is 1. The SMILES string of the molecule is COc1ccc(SCC(=O)Nc2cc(Cl)c(N)c(Cl)c2)cc1. The Morgan fingerprint density at radius 2 is 1.82 bits per heavy atom. The third-order valence-electron chi connectivity index (χ3n) is 2.79. The molecule has 0 unspecified atom stereocenters. The van der Waals surface area contributed by atoms with E-state index in [0.717, 1.165) is 10.6 Å². The molecule has 0 fully saturated rings. The summed E-state index contributed by atoms with van der Waals surface area (Å²) in [5, 5.41) is 3.36. The minimum absolute atomic E-state index is 0.155. The van der Waals surface area contributed by atoms with E-state index in [4.69, 9.17) is 33.7 Å². The number of ether oxygens (including phenoxy) is 1. The van der Waals surface area contributed by atoms with E-state index in [0.29, 0.717) is 21.4 Å². The van der Waals surface area contributed by atoms with E-state index < -0.39 is 0 Å². The first-order chi connectivity index (χ1) is 10.5. The van der Waals surface area contributed by atoms with E-state index in [1.165, 1.54) is 11.8 Å². The van der Waals surface area contributed by atoms with Gasteiger partial charge in [-0.15, -0.1) is 11.8 Å². The van der Waals surface area contributed by atoms with Gasteiger partial charge in [0.05, 0.1) is 28.6 Å². The average Bonchev–Trinajstić information content (AvgIpc) is 2.51. The van der Waals surface area contributed by atoms with Crippen LogP contribution >= 0.6 is 35.0 Å². The van der Waals surface area contributed by atoms with Crippen molar-refractivity contribution in [3.63, 3.8) is 0 Å². The molecule has 0 saturated carbocycles. The summed E-state index contributed by atoms with van der Waals surface area (Å²) >= 11 is 13.3. The molecule has 3 N–H and O–H groups in total. The number of thioether (sulfide) groups is 1. The number of hydrogen-bond donors (Lipinski definition) is 2. The van der Waals surface area contributed by atoms with Gasteiger partial charge in [0.25, 0.3) is 0 Å². The zero-order valence-electron chi connectivity index (χ0n) is 11.7. The van der Waals surface area contributed by atoms with Crippen molar-refractivity contribution in [1.82, 2.24) is 0 Å². The molecule has 0 aromatic heterocycles. The van der Waals surface area contributed by atoms with Crippen LogP contribution in [0.3, 0.4) is 0 Å². The van der Waals surface area contributed by atoms with Gasteiger partial charge in [-0.1, -0.05) is 23.2 Å². The van der Waals surface area contributed by atoms with Crippen LogP contribution in [0, 0.1) is 0 Å². The van der Waals surface area contributed by atoms with E-state index in [9.17, 15) is 4.79 Å². The lowest BCUT2D eigenvalue weighted by Gasteiger charge is -2.08. The Morgan fingerprint density at radius 3 is 2.36 bits per heavy atom. The minimum atomic E-state index is -0.155. The highest BCUT2D eigenvalue weighted by Gasteiger charge is 2.08. The lowest BCUT2D eigenvalue weighted by Crippen LogP contribution is -2.14. The number of benzene rings is 2. The van der Waals surface area contributed by atoms with Crippen LogP contribution < -0.4 is 15.8 Å². The van der Waals surface area contributed by atoms with Crippen molar-refractivity contribution in [1.29, 1.82) is 0 Å². The highest BCUT2D eigenvalue weighted by atomic mass is 35.5. The second kappa shape index (κ2) is 7.63. The fourth-order valence-corrected chi connectivity index (χ4v) is 2.86. The van der Waals surface area contributed by atoms with Gasteiger partial charge in [0, 0.05) is 10.6 Å². The summed E-state index contributed by atoms with van der Waals surface area (Å²) in [6, 6.07) is 10.6. The smallest absolute Gasteiger partial charge is 0.234 e. The molecule has 22 heavy (non-hydrogen) atoms. The molecule has 2 aromatic rings. The highest BCUT2D eigenvalue weighted by molar-refractivity contribution is 8.00. The molecule has 7 heteroatoms. The van der Waals surface area contributed by atoms with E-state index in [1.54, 1.807) is 19.2 Å². The molecule has 0 aliphatic rings. The zero-order chi connectivity index (χ0) is 16.1. The normalized spacial score (nSPS) is 10.3. The number of halogens is 2. The number of rotatable bonds is 5. The van der Waals surface area contributed by atoms with Crippen LogP contribution in [0.2, 0.25) is 10.0 Å². The van der Waals surface area contributed by atoms with E-state index in [-0.39, 0.29) is 11.7 Å². The molecule has 2 aromatic carbocycles. The van der Waals surface area contributed by atoms with Crippen molar-refractivity contribution in [2.24, 2.45) is 0 Å². The van der Waals surface area contributed by atoms with Crippen LogP contribution in [-0.2, 0) is 4.79 Å². The molecule has 4 nitrogen and oxygen atoms in total. The summed E-state index contributed by atoms with van der Waals surface area (Å²) in [4.78, 5) is 12.9. The van der Waals surface area contributed by atoms with Crippen LogP contribution in [0.5, 0.6) is 5.75 Å². The van der Waals surface area contributed by atoms with Gasteiger partial charge in [0.15, 0.2) is 0 Å². The fraction of sp³-hybridized carbons (Fsp3) is 0.133. The maximum Gasteiger partial charge on any atom is 0.234 e. The van der Waals surface area contributed by atoms with Gasteiger partial charge in [0.1, 0.15) is 5.75 Å². The van der Waals surface area contributed by atoms with Crippen LogP contribution in [0.25, 0.3) is 0 Å². The zero-order valence-corrected chi connectivity index (χ0v) is 14.1. The topological polar surface area (TPSA) is 64.3 Å². The van der Waals surface area contributed by atoms with Gasteiger partial charge in [-0.2, -0.15) is 0 Å². The quantitative estimate of drug-likeness (QED) is 0.618. The van der Waals surface area contributed by atoms with Crippen molar-refractivity contribution >= 4 is 52.2 Å². The maximum atomic E-state index is 11.9. The van der Waals surface area contributed by atoms with Crippen LogP contribution in [0.4, 0.5) is 11.4 Å². The Labute approximate surface area is 142 Å². The minimum Gasteiger partial charge on any atom is -0.497 e. The molecule has 0 bridgehead atoms. The standard InChI is InChI=1S/C15H14Cl2N2O2S/c1-21-10-2-4-11(5-3-10)22-8-14(20)19-9-6-12(16)15(18)13(17)7-9/h2-7H,8,18H2,1H3,(H,19,20). The Kier molecular flexibility index (Phi) is 5.83. The maximum absolute atomic E-state index is 11.9. The molecule has 0 atom stereocenters. The largest absolute Gasteiger partial charge is 0.497 e. The van der Waals surface area contributed by atoms with E-state index in [2.05, 4.69) is 5.32 Å². The Balaban J connectivity index is 1.92. The van der Waals surface area contributed by atoms with E-state index >= 15 is 0 Å². The van der Waals surface area contributed by atoms with Gasteiger partial charge in [-0.05, 0) is 36.4 Å². The summed E-state index contributed by atoms with van der Waals surface area (Å²) in [5.41, 5.74) is 6.47. The number of nitrogen functional groups attached to an aromatic ring is 1. The number of anilines is 2. The van der Waals surface area contributed by atoms with Crippen molar-refractivity contribution in [2.75, 3.05) is 23.9 Å². The number of carbonyl (C=O) groups excluding carboxylic acids is 1. The lowest BCUT2D eigenvalue weighted by atomic mass is 10.3. The molecule has 0 saturated heterocycles. The molecule has 1 amide bonds. The van der Waals surface area contributed by atoms with Gasteiger partial charge < -0.3 is 15.8 Å². The predicted molar refractivity (Wildman–Crippen MR) is 93.2 cm³/mol. The predicted octanol–water partition coefficient (Wildman–Crippen LogP) is 4.32. The summed E-state index contributed by atoms with van der Waals surface area (Å²) < 4.78 is 5.08. The van der Waals surface area contributed by atoms with Gasteiger partial charge >= 0.3 is 0 Å². The number of nitrogens with one attached hydrogen (secondary N) is 1. The van der Waals surface area contributed by atoms with Crippen molar-refractivity contribution in [3.05, 3.63) is 46.4 Å². The summed E-state index contributed by atoms with van der Waals surface area (Å²) in [6.07, 6.45) is 0. The molecule has 0 aliphatic carbocycles. The molecule has 2 rings (SSSR count). The molecular weight excluding hydrogens is 343 g/mol. The Morgan fingerprint density at radius 1 is 1.23 bits per heavy atom. The number of hydrogen-bond acceptors (Lipinski definition) is 4. The van der Waals surface area contributed by atoms with E-state index in [1.807, 2.05) is 24.3 Å². The number of methoxy groups -OCH3 is 1. The average molecular weight is 357 g/mol. The number of nitrogens with two attached hydrogens (primary N) is 1. The lowest BCUT2D eigenvalue weighted by molar-refractivity contribution is -0.113. The second-order valence-corrected chi connectivity index (χ2v) is 6.23. The van der Waals surface area contributed by atoms with Gasteiger partial charge in [-0.25, -0.2) is 0 Å². The first kappa shape index (κ1) is 16.8. The highest BCUT2D eigenvalue weighted by Crippen LogP contribution is 2.31. The van der Waals surface area contributed by atoms with Crippen LogP contribution in [0.1, 0.15) is 0 Å². The van der Waals surface area contributed by atoms with Crippen LogP contribution in [-0.4, -0.2) is 18.8 Å². The van der Waals surface area contributed by atoms with Crippen molar-refractivity contribution in [3.8, 4) is 5.75 Å². The first-order valence-electron chi connectivity index (χ1n) is 6.31. The fourth-order valence-electron chi connectivity index (χ4n) is 1.67. The Bertz CT molecular complexity index is 655. The monoisotopic (exact) mass is 356 g/mol. The Hall–Kier alpha value is -1.56. The van der Waals surface area contributed by atoms with Crippen molar-refractivity contribution in [2.45, 2.75) is 4.90 Å². The van der Waals surface area contributed by atoms with Crippen LogP contribution in [0.15, 0.2) is 41.3 Å². The third kappa shape index (κ3) is 4.47. The molecule has 0 aliphatic heterocycles. The molecule has 0 heterocycles. The third-order valence-corrected chi connectivity index (χ3v) is 4.43. The molecular formula is C15H14Cl2N2O2S. The summed E-state index contributed by atoms with van der Waals surface area (Å²) in [5.74, 6) is 0.893. The molecule has 0 radical (unpaired) electrons. The molecule has 0 spiro atoms.